The maximum atomic E-state index is 12.1. The van der Waals surface area contributed by atoms with Crippen molar-refractivity contribution in [3.8, 4) is 0 Å². The molecule has 0 aliphatic carbocycles. The van der Waals surface area contributed by atoms with Gasteiger partial charge in [0.2, 0.25) is 10.0 Å². The Labute approximate surface area is 106 Å². The quantitative estimate of drug-likeness (QED) is 0.893. The molecule has 0 saturated carbocycles. The first-order valence-corrected chi connectivity index (χ1v) is 6.81. The van der Waals surface area contributed by atoms with Gasteiger partial charge in [0.15, 0.2) is 0 Å². The lowest BCUT2D eigenvalue weighted by atomic mass is 10.2. The van der Waals surface area contributed by atoms with Crippen LogP contribution in [0.4, 0.5) is 0 Å². The van der Waals surface area contributed by atoms with E-state index < -0.39 is 10.0 Å². The van der Waals surface area contributed by atoms with E-state index in [-0.39, 0.29) is 11.4 Å². The van der Waals surface area contributed by atoms with Crippen molar-refractivity contribution in [3.63, 3.8) is 0 Å². The number of hydrogen-bond donors (Lipinski definition) is 1. The minimum Gasteiger partial charge on any atom is -0.284 e. The minimum atomic E-state index is -3.51. The molecule has 2 aromatic heterocycles. The highest BCUT2D eigenvalue weighted by Crippen LogP contribution is 2.15. The van der Waals surface area contributed by atoms with Crippen molar-refractivity contribution in [1.29, 1.82) is 0 Å². The lowest BCUT2D eigenvalue weighted by molar-refractivity contribution is 0.461. The molecule has 0 aromatic carbocycles. The van der Waals surface area contributed by atoms with Crippen LogP contribution in [0.15, 0.2) is 35.6 Å². The Morgan fingerprint density at radius 2 is 2.22 bits per heavy atom. The number of aryl methyl sites for hydroxylation is 1. The standard InChI is InChI=1S/C11H14N4O2S/c1-9-4-3-5-12-11(9)8-15(2)18(16,17)10-6-13-14-7-10/h3-7H,8H2,1-2H3,(H,13,14). The van der Waals surface area contributed by atoms with Gasteiger partial charge in [0.1, 0.15) is 4.90 Å². The van der Waals surface area contributed by atoms with Crippen molar-refractivity contribution >= 4 is 10.0 Å². The van der Waals surface area contributed by atoms with Crippen molar-refractivity contribution < 1.29 is 8.42 Å². The number of aromatic nitrogens is 3. The van der Waals surface area contributed by atoms with Gasteiger partial charge in [-0.2, -0.15) is 9.40 Å². The van der Waals surface area contributed by atoms with Gasteiger partial charge < -0.3 is 0 Å². The van der Waals surface area contributed by atoms with Gasteiger partial charge in [0.05, 0.1) is 18.4 Å². The Bertz CT molecular complexity index is 622. The largest absolute Gasteiger partial charge is 0.284 e. The van der Waals surface area contributed by atoms with Crippen LogP contribution in [-0.2, 0) is 16.6 Å². The first kappa shape index (κ1) is 12.7. The summed E-state index contributed by atoms with van der Waals surface area (Å²) in [6.45, 7) is 2.14. The molecule has 7 heteroatoms. The maximum Gasteiger partial charge on any atom is 0.246 e. The molecule has 0 bridgehead atoms. The number of rotatable bonds is 4. The van der Waals surface area contributed by atoms with Gasteiger partial charge in [-0.1, -0.05) is 6.07 Å². The molecule has 0 aliphatic rings. The number of H-pyrrole nitrogens is 1. The monoisotopic (exact) mass is 266 g/mol. The van der Waals surface area contributed by atoms with Crippen LogP contribution in [0.25, 0.3) is 0 Å². The van der Waals surface area contributed by atoms with Gasteiger partial charge in [-0.25, -0.2) is 8.42 Å². The molecular formula is C11H14N4O2S. The third-order valence-corrected chi connectivity index (χ3v) is 4.44. The second-order valence-corrected chi connectivity index (χ2v) is 6.01. The summed E-state index contributed by atoms with van der Waals surface area (Å²) in [4.78, 5) is 4.34. The smallest absolute Gasteiger partial charge is 0.246 e. The molecule has 0 saturated heterocycles. The Hall–Kier alpha value is -1.73. The van der Waals surface area contributed by atoms with Crippen molar-refractivity contribution in [2.45, 2.75) is 18.4 Å². The minimum absolute atomic E-state index is 0.151. The molecular weight excluding hydrogens is 252 g/mol. The van der Waals surface area contributed by atoms with Crippen LogP contribution >= 0.6 is 0 Å². The highest BCUT2D eigenvalue weighted by Gasteiger charge is 2.22. The lowest BCUT2D eigenvalue weighted by Crippen LogP contribution is -2.27. The Morgan fingerprint density at radius 3 is 2.83 bits per heavy atom. The molecule has 0 radical (unpaired) electrons. The van der Waals surface area contributed by atoms with E-state index in [2.05, 4.69) is 15.2 Å². The van der Waals surface area contributed by atoms with Crippen molar-refractivity contribution in [2.24, 2.45) is 0 Å². The van der Waals surface area contributed by atoms with E-state index in [0.29, 0.717) is 0 Å². The zero-order chi connectivity index (χ0) is 13.2. The number of hydrogen-bond acceptors (Lipinski definition) is 4. The fourth-order valence-corrected chi connectivity index (χ4v) is 2.58. The Balaban J connectivity index is 2.24. The van der Waals surface area contributed by atoms with Crippen molar-refractivity contribution in [1.82, 2.24) is 19.5 Å². The molecule has 0 amide bonds. The maximum absolute atomic E-state index is 12.1. The summed E-state index contributed by atoms with van der Waals surface area (Å²) < 4.78 is 25.6. The van der Waals surface area contributed by atoms with Gasteiger partial charge in [-0.15, -0.1) is 0 Å². The van der Waals surface area contributed by atoms with Crippen molar-refractivity contribution in [2.75, 3.05) is 7.05 Å². The molecule has 2 heterocycles. The van der Waals surface area contributed by atoms with Gasteiger partial charge in [0.25, 0.3) is 0 Å². The van der Waals surface area contributed by atoms with E-state index in [0.717, 1.165) is 11.3 Å². The van der Waals surface area contributed by atoms with Crippen LogP contribution < -0.4 is 0 Å². The van der Waals surface area contributed by atoms with Gasteiger partial charge in [0, 0.05) is 19.4 Å². The molecule has 2 aromatic rings. The van der Waals surface area contributed by atoms with Crippen LogP contribution in [-0.4, -0.2) is 35.0 Å². The van der Waals surface area contributed by atoms with E-state index >= 15 is 0 Å². The molecule has 6 nitrogen and oxygen atoms in total. The molecule has 0 atom stereocenters. The summed E-state index contributed by atoms with van der Waals surface area (Å²) in [5.41, 5.74) is 1.71. The topological polar surface area (TPSA) is 79.0 Å². The zero-order valence-electron chi connectivity index (χ0n) is 10.2. The summed E-state index contributed by atoms with van der Waals surface area (Å²) in [6.07, 6.45) is 4.30. The van der Waals surface area contributed by atoms with Crippen LogP contribution in [0.3, 0.4) is 0 Å². The Morgan fingerprint density at radius 1 is 1.44 bits per heavy atom. The third kappa shape index (κ3) is 2.41. The van der Waals surface area contributed by atoms with Crippen LogP contribution in [0.5, 0.6) is 0 Å². The van der Waals surface area contributed by atoms with Gasteiger partial charge >= 0.3 is 0 Å². The third-order valence-electron chi connectivity index (χ3n) is 2.67. The fourth-order valence-electron chi connectivity index (χ4n) is 1.54. The van der Waals surface area contributed by atoms with Crippen LogP contribution in [0.2, 0.25) is 0 Å². The van der Waals surface area contributed by atoms with Crippen molar-refractivity contribution in [3.05, 3.63) is 42.0 Å². The number of sulfonamides is 1. The zero-order valence-corrected chi connectivity index (χ0v) is 11.0. The second-order valence-electron chi connectivity index (χ2n) is 3.96. The Kier molecular flexibility index (Phi) is 3.44. The summed E-state index contributed by atoms with van der Waals surface area (Å²) in [7, 11) is -1.99. The first-order chi connectivity index (χ1) is 8.51. The molecule has 0 fully saturated rings. The predicted octanol–water partition coefficient (Wildman–Crippen LogP) is 0.934. The van der Waals surface area contributed by atoms with Gasteiger partial charge in [-0.05, 0) is 18.6 Å². The molecule has 0 unspecified atom stereocenters. The highest BCUT2D eigenvalue weighted by molar-refractivity contribution is 7.89. The molecule has 0 spiro atoms. The predicted molar refractivity (Wildman–Crippen MR) is 66.2 cm³/mol. The normalized spacial score (nSPS) is 11.9. The van der Waals surface area contributed by atoms with E-state index in [4.69, 9.17) is 0 Å². The summed E-state index contributed by atoms with van der Waals surface area (Å²) in [5, 5.41) is 6.14. The second kappa shape index (κ2) is 4.87. The molecule has 96 valence electrons. The SMILES string of the molecule is Cc1cccnc1CN(C)S(=O)(=O)c1cn[nH]c1. The number of nitrogens with zero attached hydrogens (tertiary/aromatic N) is 3. The lowest BCUT2D eigenvalue weighted by Gasteiger charge is -2.16. The van der Waals surface area contributed by atoms with Crippen LogP contribution in [0, 0.1) is 6.92 Å². The highest BCUT2D eigenvalue weighted by atomic mass is 32.2. The number of pyridine rings is 1. The van der Waals surface area contributed by atoms with E-state index in [9.17, 15) is 8.42 Å². The van der Waals surface area contributed by atoms with Gasteiger partial charge in [-0.3, -0.25) is 10.1 Å². The molecule has 1 N–H and O–H groups in total. The molecule has 18 heavy (non-hydrogen) atoms. The van der Waals surface area contributed by atoms with E-state index in [1.165, 1.54) is 23.7 Å². The van der Waals surface area contributed by atoms with E-state index in [1.807, 2.05) is 19.1 Å². The fraction of sp³-hybridized carbons (Fsp3) is 0.273. The average Bonchev–Trinajstić information content (AvgIpc) is 2.86. The molecule has 2 rings (SSSR count). The van der Waals surface area contributed by atoms with Crippen LogP contribution in [0.1, 0.15) is 11.3 Å². The number of aromatic amines is 1. The first-order valence-electron chi connectivity index (χ1n) is 5.37. The van der Waals surface area contributed by atoms with E-state index in [1.54, 1.807) is 6.20 Å². The summed E-state index contributed by atoms with van der Waals surface area (Å²) in [5.74, 6) is 0. The molecule has 0 aliphatic heterocycles. The number of nitrogens with one attached hydrogen (secondary N) is 1. The average molecular weight is 266 g/mol. The summed E-state index contributed by atoms with van der Waals surface area (Å²) in [6, 6.07) is 3.73. The summed E-state index contributed by atoms with van der Waals surface area (Å²) >= 11 is 0.